The number of halogens is 1. The number of aromatic amines is 2. The molecule has 10 nitrogen and oxygen atoms in total. The highest BCUT2D eigenvalue weighted by atomic mass is 19.1. The van der Waals surface area contributed by atoms with Crippen LogP contribution in [-0.4, -0.2) is 46.0 Å². The van der Waals surface area contributed by atoms with Gasteiger partial charge in [-0.15, -0.1) is 0 Å². The summed E-state index contributed by atoms with van der Waals surface area (Å²) < 4.78 is 16.1. The van der Waals surface area contributed by atoms with Crippen molar-refractivity contribution in [1.82, 2.24) is 40.1 Å². The van der Waals surface area contributed by atoms with E-state index in [4.69, 9.17) is 4.98 Å². The summed E-state index contributed by atoms with van der Waals surface area (Å²) in [5, 5.41) is 10.3. The van der Waals surface area contributed by atoms with Gasteiger partial charge < -0.3 is 10.3 Å². The van der Waals surface area contributed by atoms with Crippen molar-refractivity contribution < 1.29 is 9.18 Å². The van der Waals surface area contributed by atoms with E-state index in [1.54, 1.807) is 37.1 Å². The first kappa shape index (κ1) is 23.1. The second kappa shape index (κ2) is 9.35. The molecule has 6 aromatic heterocycles. The van der Waals surface area contributed by atoms with Gasteiger partial charge in [-0.1, -0.05) is 12.8 Å². The number of carbonyl (C=O) groups excluding carboxylic acids is 1. The molecule has 7 rings (SSSR count). The molecule has 1 amide bonds. The van der Waals surface area contributed by atoms with Crippen LogP contribution in [0, 0.1) is 11.7 Å². The van der Waals surface area contributed by atoms with Crippen LogP contribution < -0.4 is 5.32 Å². The van der Waals surface area contributed by atoms with Crippen LogP contribution in [0.3, 0.4) is 0 Å². The van der Waals surface area contributed by atoms with Gasteiger partial charge in [0, 0.05) is 53.6 Å². The third-order valence-corrected chi connectivity index (χ3v) is 7.15. The number of carbonyl (C=O) groups is 1. The molecule has 0 bridgehead atoms. The van der Waals surface area contributed by atoms with E-state index in [2.05, 4.69) is 40.4 Å². The zero-order valence-electron chi connectivity index (χ0n) is 20.6. The fraction of sp³-hybridized carbons (Fsp3) is 0.179. The number of nitrogens with one attached hydrogen (secondary N) is 3. The van der Waals surface area contributed by atoms with Crippen molar-refractivity contribution in [3.8, 4) is 33.9 Å². The number of hydrogen-bond acceptors (Lipinski definition) is 7. The van der Waals surface area contributed by atoms with Gasteiger partial charge in [-0.25, -0.2) is 14.4 Å². The summed E-state index contributed by atoms with van der Waals surface area (Å²) >= 11 is 0. The molecule has 0 unspecified atom stereocenters. The Morgan fingerprint density at radius 2 is 1.79 bits per heavy atom. The number of rotatable bonds is 5. The van der Waals surface area contributed by atoms with Crippen LogP contribution in [0.15, 0.2) is 61.4 Å². The van der Waals surface area contributed by atoms with E-state index in [1.165, 1.54) is 6.20 Å². The molecule has 0 spiro atoms. The second-order valence-electron chi connectivity index (χ2n) is 9.59. The lowest BCUT2D eigenvalue weighted by atomic mass is 10.1. The number of fused-ring (bicyclic) bond motifs is 2. The Labute approximate surface area is 221 Å². The van der Waals surface area contributed by atoms with E-state index in [0.29, 0.717) is 34.0 Å². The molecule has 0 aliphatic heterocycles. The maximum Gasteiger partial charge on any atom is 0.227 e. The summed E-state index contributed by atoms with van der Waals surface area (Å²) in [6, 6.07) is 7.23. The van der Waals surface area contributed by atoms with Crippen molar-refractivity contribution >= 4 is 33.7 Å². The standard InChI is InChI=1S/C28H22FN9O/c29-22-19(17-11-18(13-31-12-17)34-28(39)16-3-1-2-4-16)14-33-26-21(22)25(37-38-26)27-35-20-7-10-32-23(24(20)36-27)15-5-8-30-9-6-15/h5-14,16H,1-4H2,(H,34,39)(H,35,36)(H,33,37,38). The number of imidazole rings is 1. The Morgan fingerprint density at radius 3 is 2.64 bits per heavy atom. The van der Waals surface area contributed by atoms with Gasteiger partial charge in [0.1, 0.15) is 17.0 Å². The molecule has 1 saturated carbocycles. The van der Waals surface area contributed by atoms with Gasteiger partial charge in [0.15, 0.2) is 11.5 Å². The average Bonchev–Trinajstić information content (AvgIpc) is 3.73. The minimum absolute atomic E-state index is 0.00924. The number of amides is 1. The topological polar surface area (TPSA) is 138 Å². The third-order valence-electron chi connectivity index (χ3n) is 7.15. The highest BCUT2D eigenvalue weighted by molar-refractivity contribution is 5.97. The van der Waals surface area contributed by atoms with Crippen molar-refractivity contribution in [1.29, 1.82) is 0 Å². The zero-order chi connectivity index (χ0) is 26.3. The summed E-state index contributed by atoms with van der Waals surface area (Å²) in [6.45, 7) is 0. The highest BCUT2D eigenvalue weighted by Crippen LogP contribution is 2.34. The molecule has 0 aromatic carbocycles. The van der Waals surface area contributed by atoms with Crippen molar-refractivity contribution in [2.75, 3.05) is 5.32 Å². The van der Waals surface area contributed by atoms with Gasteiger partial charge in [0.05, 0.1) is 28.5 Å². The summed E-state index contributed by atoms with van der Waals surface area (Å²) in [5.74, 6) is -0.149. The Morgan fingerprint density at radius 1 is 0.949 bits per heavy atom. The number of hydrogen-bond donors (Lipinski definition) is 3. The molecule has 192 valence electrons. The lowest BCUT2D eigenvalue weighted by molar-refractivity contribution is -0.119. The van der Waals surface area contributed by atoms with Gasteiger partial charge in [-0.2, -0.15) is 5.10 Å². The van der Waals surface area contributed by atoms with Crippen LogP contribution >= 0.6 is 0 Å². The first-order chi connectivity index (χ1) is 19.2. The summed E-state index contributed by atoms with van der Waals surface area (Å²) in [7, 11) is 0. The number of H-pyrrole nitrogens is 2. The number of pyridine rings is 4. The van der Waals surface area contributed by atoms with Crippen molar-refractivity contribution in [3.05, 3.63) is 67.3 Å². The fourth-order valence-corrected chi connectivity index (χ4v) is 5.18. The lowest BCUT2D eigenvalue weighted by Crippen LogP contribution is -2.20. The van der Waals surface area contributed by atoms with Gasteiger partial charge in [0.2, 0.25) is 5.91 Å². The van der Waals surface area contributed by atoms with Crippen molar-refractivity contribution in [2.45, 2.75) is 25.7 Å². The van der Waals surface area contributed by atoms with Gasteiger partial charge in [-0.05, 0) is 37.1 Å². The molecule has 1 aliphatic carbocycles. The zero-order valence-corrected chi connectivity index (χ0v) is 20.6. The summed E-state index contributed by atoms with van der Waals surface area (Å²) in [6.07, 6.45) is 13.5. The second-order valence-corrected chi connectivity index (χ2v) is 9.59. The van der Waals surface area contributed by atoms with Crippen LogP contribution in [0.5, 0.6) is 0 Å². The smallest absolute Gasteiger partial charge is 0.227 e. The van der Waals surface area contributed by atoms with Crippen molar-refractivity contribution in [3.63, 3.8) is 0 Å². The molecule has 1 aliphatic rings. The predicted molar refractivity (Wildman–Crippen MR) is 144 cm³/mol. The molecular formula is C28H22FN9O. The van der Waals surface area contributed by atoms with Crippen LogP contribution in [0.1, 0.15) is 25.7 Å². The Bertz CT molecular complexity index is 1840. The maximum atomic E-state index is 16.1. The molecule has 0 atom stereocenters. The average molecular weight is 520 g/mol. The fourth-order valence-electron chi connectivity index (χ4n) is 5.18. The van der Waals surface area contributed by atoms with Gasteiger partial charge in [0.25, 0.3) is 0 Å². The highest BCUT2D eigenvalue weighted by Gasteiger charge is 2.24. The predicted octanol–water partition coefficient (Wildman–Crippen LogP) is 5.29. The molecule has 11 heteroatoms. The van der Waals surface area contributed by atoms with E-state index in [9.17, 15) is 4.79 Å². The van der Waals surface area contributed by atoms with Crippen LogP contribution in [0.25, 0.3) is 56.0 Å². The molecule has 1 fully saturated rings. The Hall–Kier alpha value is -5.06. The largest absolute Gasteiger partial charge is 0.336 e. The molecule has 0 saturated heterocycles. The summed E-state index contributed by atoms with van der Waals surface area (Å²) in [5.41, 5.74) is 4.76. The molecular weight excluding hydrogens is 497 g/mol. The van der Waals surface area contributed by atoms with Gasteiger partial charge >= 0.3 is 0 Å². The molecule has 0 radical (unpaired) electrons. The molecule has 39 heavy (non-hydrogen) atoms. The molecule has 6 aromatic rings. The van der Waals surface area contributed by atoms with Crippen LogP contribution in [0.2, 0.25) is 0 Å². The summed E-state index contributed by atoms with van der Waals surface area (Å²) in [4.78, 5) is 37.8. The third kappa shape index (κ3) is 4.08. The SMILES string of the molecule is O=C(Nc1cncc(-c2cnc3[nH]nc(-c4nc5c(-c6ccncc6)nccc5[nH]4)c3c2F)c1)C1CCCC1. The first-order valence-corrected chi connectivity index (χ1v) is 12.7. The monoisotopic (exact) mass is 519 g/mol. The number of nitrogens with zero attached hydrogens (tertiary/aromatic N) is 6. The van der Waals surface area contributed by atoms with E-state index < -0.39 is 5.82 Å². The normalized spacial score (nSPS) is 13.9. The van der Waals surface area contributed by atoms with E-state index in [0.717, 1.165) is 36.8 Å². The Kier molecular flexibility index (Phi) is 5.54. The Balaban J connectivity index is 1.28. The van der Waals surface area contributed by atoms with E-state index in [1.807, 2.05) is 18.2 Å². The first-order valence-electron chi connectivity index (χ1n) is 12.7. The minimum Gasteiger partial charge on any atom is -0.336 e. The molecule has 3 N–H and O–H groups in total. The van der Waals surface area contributed by atoms with Crippen LogP contribution in [-0.2, 0) is 4.79 Å². The lowest BCUT2D eigenvalue weighted by Gasteiger charge is -2.11. The van der Waals surface area contributed by atoms with E-state index >= 15 is 4.39 Å². The minimum atomic E-state index is -0.516. The molecule has 6 heterocycles. The quantitative estimate of drug-likeness (QED) is 0.281. The van der Waals surface area contributed by atoms with Gasteiger partial charge in [-0.3, -0.25) is 24.8 Å². The van der Waals surface area contributed by atoms with Crippen molar-refractivity contribution in [2.24, 2.45) is 5.92 Å². The number of anilines is 1. The maximum absolute atomic E-state index is 16.1. The van der Waals surface area contributed by atoms with Crippen LogP contribution in [0.4, 0.5) is 10.1 Å². The van der Waals surface area contributed by atoms with E-state index in [-0.39, 0.29) is 28.4 Å². The number of aromatic nitrogens is 8.